The summed E-state index contributed by atoms with van der Waals surface area (Å²) in [5, 5.41) is 63.7. The molecule has 5 atom stereocenters. The minimum atomic E-state index is -1.83. The van der Waals surface area contributed by atoms with Gasteiger partial charge in [0, 0.05) is 13.1 Å². The van der Waals surface area contributed by atoms with E-state index < -0.39 is 72.1 Å². The number of aromatic carboxylic acids is 1. The Kier molecular flexibility index (Phi) is 10.4. The number of esters is 1. The van der Waals surface area contributed by atoms with Crippen LogP contribution in [0.2, 0.25) is 0 Å². The van der Waals surface area contributed by atoms with Gasteiger partial charge in [0.1, 0.15) is 36.6 Å². The van der Waals surface area contributed by atoms with E-state index >= 15 is 0 Å². The number of phenolic OH excluding ortho intramolecular Hbond substituents is 2. The summed E-state index contributed by atoms with van der Waals surface area (Å²) in [5.74, 6) is -4.57. The van der Waals surface area contributed by atoms with Crippen molar-refractivity contribution in [2.45, 2.75) is 30.7 Å². The maximum absolute atomic E-state index is 12.7. The summed E-state index contributed by atoms with van der Waals surface area (Å²) in [4.78, 5) is 27.9. The molecule has 2 aromatic carbocycles. The third kappa shape index (κ3) is 6.95. The second-order valence-electron chi connectivity index (χ2n) is 8.63. The van der Waals surface area contributed by atoms with E-state index in [2.05, 4.69) is 10.3 Å². The van der Waals surface area contributed by atoms with Gasteiger partial charge < -0.3 is 70.1 Å². The number of nitrogens with one attached hydrogen (secondary N) is 1. The number of rotatable bonds is 11. The van der Waals surface area contributed by atoms with Gasteiger partial charge in [0.2, 0.25) is 17.8 Å². The van der Waals surface area contributed by atoms with Crippen molar-refractivity contribution in [2.75, 3.05) is 34.6 Å². The van der Waals surface area contributed by atoms with Crippen molar-refractivity contribution in [1.82, 2.24) is 5.32 Å². The summed E-state index contributed by atoms with van der Waals surface area (Å²) in [6.45, 7) is -0.953. The third-order valence-electron chi connectivity index (χ3n) is 6.04. The average molecular weight is 598 g/mol. The zero-order chi connectivity index (χ0) is 31.1. The van der Waals surface area contributed by atoms with Crippen molar-refractivity contribution >= 4 is 17.9 Å². The van der Waals surface area contributed by atoms with E-state index in [1.165, 1.54) is 26.3 Å². The number of hydrogen-bond acceptors (Lipinski definition) is 14. The number of carbonyl (C=O) groups is 2. The van der Waals surface area contributed by atoms with Gasteiger partial charge in [0.25, 0.3) is 0 Å². The lowest BCUT2D eigenvalue weighted by Crippen LogP contribution is -2.60. The molecule has 0 bridgehead atoms. The Hall–Kier alpha value is -4.71. The van der Waals surface area contributed by atoms with Gasteiger partial charge in [0.15, 0.2) is 35.7 Å². The fourth-order valence-corrected chi connectivity index (χ4v) is 3.75. The first-order valence-electron chi connectivity index (χ1n) is 12.1. The summed E-state index contributed by atoms with van der Waals surface area (Å²) in [6.07, 6.45) is -8.52. The number of aliphatic hydroxyl groups is 3. The number of ether oxygens (including phenoxy) is 6. The molecule has 3 rings (SSSR count). The molecule has 0 aromatic heterocycles. The third-order valence-corrected chi connectivity index (χ3v) is 6.04. The minimum absolute atomic E-state index is 0.0323. The number of methoxy groups -OCH3 is 2. The molecule has 0 aliphatic carbocycles. The molecule has 2 aromatic rings. The van der Waals surface area contributed by atoms with Crippen LogP contribution in [0.15, 0.2) is 29.3 Å². The Balaban J connectivity index is 1.78. The Bertz CT molecular complexity index is 1320. The second-order valence-corrected chi connectivity index (χ2v) is 8.63. The predicted molar refractivity (Wildman–Crippen MR) is 140 cm³/mol. The van der Waals surface area contributed by atoms with E-state index in [9.17, 15) is 40.2 Å². The van der Waals surface area contributed by atoms with Crippen LogP contribution in [0.25, 0.3) is 0 Å². The molecule has 1 aliphatic rings. The molecule has 17 heteroatoms. The van der Waals surface area contributed by atoms with Crippen LogP contribution in [0.5, 0.6) is 34.5 Å². The number of nitrogens with two attached hydrogens (primary N) is 1. The van der Waals surface area contributed by atoms with Crippen molar-refractivity contribution in [3.05, 3.63) is 35.4 Å². The Morgan fingerprint density at radius 3 is 2.33 bits per heavy atom. The van der Waals surface area contributed by atoms with E-state index in [1.807, 2.05) is 0 Å². The molecule has 1 fully saturated rings. The zero-order valence-corrected chi connectivity index (χ0v) is 22.6. The molecule has 1 saturated heterocycles. The molecule has 9 N–H and O–H groups in total. The first-order chi connectivity index (χ1) is 19.9. The molecular formula is C25H31N3O14. The van der Waals surface area contributed by atoms with Gasteiger partial charge in [-0.15, -0.1) is 0 Å². The quantitative estimate of drug-likeness (QED) is 0.0649. The topological polar surface area (TPSA) is 261 Å². The normalized spacial score (nSPS) is 22.1. The molecule has 1 heterocycles. The SMILES string of the molecule is CN=C(N)NCOc1cc(C(=O)O)ccc1O[C@@H]1O[C@H](COC(=O)c2cc(OC)c(O)c(OC)c2O)[C@@H](O)[C@H](O)[C@H]1O. The molecule has 0 saturated carbocycles. The number of aromatic hydroxyl groups is 2. The second kappa shape index (κ2) is 13.8. The predicted octanol–water partition coefficient (Wildman–Crippen LogP) is -1.27. The lowest BCUT2D eigenvalue weighted by molar-refractivity contribution is -0.277. The summed E-state index contributed by atoms with van der Waals surface area (Å²) in [7, 11) is 3.77. The van der Waals surface area contributed by atoms with Crippen LogP contribution >= 0.6 is 0 Å². The number of guanidine groups is 1. The van der Waals surface area contributed by atoms with Crippen LogP contribution < -0.4 is 30.0 Å². The number of carbonyl (C=O) groups excluding carboxylic acids is 1. The number of benzene rings is 2. The Morgan fingerprint density at radius 1 is 1.00 bits per heavy atom. The Labute approximate surface area is 238 Å². The zero-order valence-electron chi connectivity index (χ0n) is 22.6. The minimum Gasteiger partial charge on any atom is -0.504 e. The molecule has 42 heavy (non-hydrogen) atoms. The van der Waals surface area contributed by atoms with Crippen LogP contribution in [-0.4, -0.2) is 114 Å². The number of carboxylic acids is 1. The number of nitrogens with zero attached hydrogens (tertiary/aromatic N) is 1. The molecule has 1 aliphatic heterocycles. The lowest BCUT2D eigenvalue weighted by atomic mass is 9.99. The van der Waals surface area contributed by atoms with Gasteiger partial charge in [0.05, 0.1) is 19.8 Å². The van der Waals surface area contributed by atoms with Crippen molar-refractivity contribution in [3.63, 3.8) is 0 Å². The number of aliphatic hydroxyl groups excluding tert-OH is 3. The highest BCUT2D eigenvalue weighted by Gasteiger charge is 2.46. The molecule has 230 valence electrons. The van der Waals surface area contributed by atoms with Gasteiger partial charge in [-0.05, 0) is 18.2 Å². The van der Waals surface area contributed by atoms with E-state index in [-0.39, 0.29) is 35.5 Å². The van der Waals surface area contributed by atoms with Gasteiger partial charge in [-0.25, -0.2) is 9.59 Å². The highest BCUT2D eigenvalue weighted by atomic mass is 16.7. The summed E-state index contributed by atoms with van der Waals surface area (Å²) in [6, 6.07) is 4.53. The van der Waals surface area contributed by atoms with E-state index in [1.54, 1.807) is 0 Å². The molecule has 17 nitrogen and oxygen atoms in total. The summed E-state index contributed by atoms with van der Waals surface area (Å²) in [5.41, 5.74) is 4.93. The smallest absolute Gasteiger partial charge is 0.342 e. The highest BCUT2D eigenvalue weighted by molar-refractivity contribution is 5.95. The number of phenols is 2. The first kappa shape index (κ1) is 31.8. The van der Waals surface area contributed by atoms with E-state index in [0.29, 0.717) is 0 Å². The maximum atomic E-state index is 12.7. The van der Waals surface area contributed by atoms with Crippen molar-refractivity contribution in [2.24, 2.45) is 10.7 Å². The van der Waals surface area contributed by atoms with E-state index in [4.69, 9.17) is 34.2 Å². The van der Waals surface area contributed by atoms with Gasteiger partial charge in [-0.2, -0.15) is 0 Å². The number of aliphatic imine (C=N–C) groups is 1. The Morgan fingerprint density at radius 2 is 1.71 bits per heavy atom. The standard InChI is InChI=1S/C25H31N3O14/c1-27-25(26)28-9-40-13-6-10(22(34)35)4-5-12(13)41-24-20(33)19(32)17(30)15(42-24)8-39-23(36)11-7-14(37-2)18(31)21(38-3)16(11)29/h4-7,15,17,19-20,24,29-33H,8-9H2,1-3H3,(H,34,35)(H3,26,27,28)/t15-,17-,19+,20-,24-/m1/s1. The van der Waals surface area contributed by atoms with Crippen LogP contribution in [0.3, 0.4) is 0 Å². The summed E-state index contributed by atoms with van der Waals surface area (Å²) < 4.78 is 31.7. The molecule has 0 radical (unpaired) electrons. The van der Waals surface area contributed by atoms with Crippen molar-refractivity contribution in [1.29, 1.82) is 0 Å². The number of hydrogen-bond donors (Lipinski definition) is 8. The average Bonchev–Trinajstić information content (AvgIpc) is 2.97. The van der Waals surface area contributed by atoms with Crippen LogP contribution in [0.4, 0.5) is 0 Å². The monoisotopic (exact) mass is 597 g/mol. The van der Waals surface area contributed by atoms with Gasteiger partial charge in [-0.1, -0.05) is 0 Å². The van der Waals surface area contributed by atoms with Crippen molar-refractivity contribution in [3.8, 4) is 34.5 Å². The molecule has 0 amide bonds. The van der Waals surface area contributed by atoms with Crippen LogP contribution in [0, 0.1) is 0 Å². The fourth-order valence-electron chi connectivity index (χ4n) is 3.75. The highest BCUT2D eigenvalue weighted by Crippen LogP contribution is 2.45. The number of carboxylic acid groups (broad SMARTS) is 1. The summed E-state index contributed by atoms with van der Waals surface area (Å²) >= 11 is 0. The lowest BCUT2D eigenvalue weighted by Gasteiger charge is -2.40. The molecular weight excluding hydrogens is 566 g/mol. The van der Waals surface area contributed by atoms with Gasteiger partial charge in [-0.3, -0.25) is 4.99 Å². The fraction of sp³-hybridized carbons (Fsp3) is 0.400. The van der Waals surface area contributed by atoms with Gasteiger partial charge >= 0.3 is 11.9 Å². The molecule has 0 unspecified atom stereocenters. The molecule has 0 spiro atoms. The largest absolute Gasteiger partial charge is 0.504 e. The van der Waals surface area contributed by atoms with E-state index in [0.717, 1.165) is 19.2 Å². The van der Waals surface area contributed by atoms with Crippen LogP contribution in [-0.2, 0) is 9.47 Å². The maximum Gasteiger partial charge on any atom is 0.342 e. The first-order valence-corrected chi connectivity index (χ1v) is 12.1. The van der Waals surface area contributed by atoms with Crippen molar-refractivity contribution < 1.29 is 68.6 Å². The van der Waals surface area contributed by atoms with Crippen LogP contribution in [0.1, 0.15) is 20.7 Å².